The Hall–Kier alpha value is -1.33. The van der Waals surface area contributed by atoms with Crippen LogP contribution in [-0.2, 0) is 0 Å². The summed E-state index contributed by atoms with van der Waals surface area (Å²) in [6.07, 6.45) is 2.65. The molecule has 4 nitrogen and oxygen atoms in total. The molecule has 0 aliphatic heterocycles. The predicted octanol–water partition coefficient (Wildman–Crippen LogP) is 4.49. The summed E-state index contributed by atoms with van der Waals surface area (Å²) in [6, 6.07) is 4.41. The molecule has 1 unspecified atom stereocenters. The minimum atomic E-state index is 0.167. The number of nitrogens with zero attached hydrogens (tertiary/aromatic N) is 2. The Morgan fingerprint density at radius 3 is 2.85 bits per heavy atom. The Kier molecular flexibility index (Phi) is 5.20. The number of halogens is 1. The van der Waals surface area contributed by atoms with Crippen LogP contribution < -0.4 is 10.6 Å². The van der Waals surface area contributed by atoms with E-state index in [1.54, 1.807) is 17.5 Å². The van der Waals surface area contributed by atoms with Gasteiger partial charge in [-0.15, -0.1) is 11.3 Å². The van der Waals surface area contributed by atoms with Crippen LogP contribution in [0, 0.1) is 6.92 Å². The second-order valence-electron chi connectivity index (χ2n) is 4.63. The van der Waals surface area contributed by atoms with E-state index in [1.165, 1.54) is 9.75 Å². The van der Waals surface area contributed by atoms with Gasteiger partial charge >= 0.3 is 0 Å². The molecule has 0 amide bonds. The number of anilines is 2. The van der Waals surface area contributed by atoms with Gasteiger partial charge in [-0.25, -0.2) is 4.98 Å². The van der Waals surface area contributed by atoms with E-state index in [9.17, 15) is 0 Å². The fraction of sp³-hybridized carbons (Fsp3) is 0.429. The topological polar surface area (TPSA) is 49.8 Å². The summed E-state index contributed by atoms with van der Waals surface area (Å²) in [6.45, 7) is 7.15. The third-order valence-electron chi connectivity index (χ3n) is 2.82. The van der Waals surface area contributed by atoms with E-state index in [-0.39, 0.29) is 6.04 Å². The highest BCUT2D eigenvalue weighted by Crippen LogP contribution is 2.28. The largest absolute Gasteiger partial charge is 0.361 e. The molecule has 0 aliphatic carbocycles. The molecule has 0 aromatic carbocycles. The number of hydrogen-bond donors (Lipinski definition) is 2. The molecular weight excluding hydrogens is 292 g/mol. The van der Waals surface area contributed by atoms with E-state index < -0.39 is 0 Å². The molecule has 2 N–H and O–H groups in total. The molecule has 2 rings (SSSR count). The SMILES string of the molecule is CCCNc1ncc(Cl)c(NC(C)c2ccc(C)s2)n1. The fourth-order valence-electron chi connectivity index (χ4n) is 1.75. The summed E-state index contributed by atoms with van der Waals surface area (Å²) in [5.41, 5.74) is 0. The molecule has 6 heteroatoms. The van der Waals surface area contributed by atoms with Gasteiger partial charge in [0.15, 0.2) is 5.82 Å². The quantitative estimate of drug-likeness (QED) is 0.825. The van der Waals surface area contributed by atoms with Crippen LogP contribution >= 0.6 is 22.9 Å². The maximum atomic E-state index is 6.16. The van der Waals surface area contributed by atoms with E-state index in [0.29, 0.717) is 16.8 Å². The number of nitrogens with one attached hydrogen (secondary N) is 2. The smallest absolute Gasteiger partial charge is 0.224 e. The van der Waals surface area contributed by atoms with Gasteiger partial charge in [0.25, 0.3) is 0 Å². The van der Waals surface area contributed by atoms with Crippen molar-refractivity contribution < 1.29 is 0 Å². The summed E-state index contributed by atoms with van der Waals surface area (Å²) in [5.74, 6) is 1.27. The molecule has 0 saturated heterocycles. The van der Waals surface area contributed by atoms with Crippen molar-refractivity contribution in [2.24, 2.45) is 0 Å². The highest BCUT2D eigenvalue weighted by atomic mass is 35.5. The lowest BCUT2D eigenvalue weighted by atomic mass is 10.2. The van der Waals surface area contributed by atoms with Crippen LogP contribution in [0.15, 0.2) is 18.3 Å². The molecule has 0 radical (unpaired) electrons. The molecule has 2 aromatic heterocycles. The fourth-order valence-corrected chi connectivity index (χ4v) is 2.78. The van der Waals surface area contributed by atoms with Crippen molar-refractivity contribution in [2.75, 3.05) is 17.2 Å². The van der Waals surface area contributed by atoms with Crippen molar-refractivity contribution in [3.05, 3.63) is 33.1 Å². The summed E-state index contributed by atoms with van der Waals surface area (Å²) in [4.78, 5) is 11.2. The Labute approximate surface area is 128 Å². The molecule has 0 saturated carbocycles. The van der Waals surface area contributed by atoms with Crippen molar-refractivity contribution in [3.63, 3.8) is 0 Å². The number of thiophene rings is 1. The highest BCUT2D eigenvalue weighted by Gasteiger charge is 2.11. The molecule has 108 valence electrons. The van der Waals surface area contributed by atoms with Crippen LogP contribution in [0.3, 0.4) is 0 Å². The zero-order valence-corrected chi connectivity index (χ0v) is 13.5. The Balaban J connectivity index is 2.11. The zero-order valence-electron chi connectivity index (χ0n) is 11.9. The standard InChI is InChI=1S/C14H19ClN4S/c1-4-7-16-14-17-8-11(15)13(19-14)18-10(3)12-6-5-9(2)20-12/h5-6,8,10H,4,7H2,1-3H3,(H2,16,17,18,19). The molecular formula is C14H19ClN4S. The third kappa shape index (κ3) is 3.84. The lowest BCUT2D eigenvalue weighted by molar-refractivity contribution is 0.889. The maximum Gasteiger partial charge on any atom is 0.224 e. The Morgan fingerprint density at radius 1 is 1.40 bits per heavy atom. The van der Waals surface area contributed by atoms with Crippen LogP contribution in [0.25, 0.3) is 0 Å². The van der Waals surface area contributed by atoms with Crippen LogP contribution in [0.2, 0.25) is 5.02 Å². The number of aryl methyl sites for hydroxylation is 1. The van der Waals surface area contributed by atoms with E-state index >= 15 is 0 Å². The molecule has 2 aromatic rings. The minimum absolute atomic E-state index is 0.167. The van der Waals surface area contributed by atoms with Crippen LogP contribution in [-0.4, -0.2) is 16.5 Å². The van der Waals surface area contributed by atoms with Gasteiger partial charge in [-0.3, -0.25) is 0 Å². The van der Waals surface area contributed by atoms with Crippen LogP contribution in [0.5, 0.6) is 0 Å². The number of aromatic nitrogens is 2. The normalized spacial score (nSPS) is 12.2. The summed E-state index contributed by atoms with van der Waals surface area (Å²) in [7, 11) is 0. The van der Waals surface area contributed by atoms with Crippen molar-refractivity contribution in [2.45, 2.75) is 33.2 Å². The first-order valence-corrected chi connectivity index (χ1v) is 7.89. The second kappa shape index (κ2) is 6.90. The molecule has 0 aliphatic rings. The Bertz CT molecular complexity index is 570. The average molecular weight is 311 g/mol. The van der Waals surface area contributed by atoms with Crippen LogP contribution in [0.4, 0.5) is 11.8 Å². The molecule has 0 spiro atoms. The molecule has 20 heavy (non-hydrogen) atoms. The van der Waals surface area contributed by atoms with Crippen molar-refractivity contribution in [1.82, 2.24) is 9.97 Å². The van der Waals surface area contributed by atoms with Crippen molar-refractivity contribution >= 4 is 34.7 Å². The first-order valence-electron chi connectivity index (χ1n) is 6.69. The second-order valence-corrected chi connectivity index (χ2v) is 6.36. The first-order chi connectivity index (χ1) is 9.60. The Morgan fingerprint density at radius 2 is 2.20 bits per heavy atom. The van der Waals surface area contributed by atoms with Gasteiger partial charge in [-0.1, -0.05) is 18.5 Å². The van der Waals surface area contributed by atoms with Crippen molar-refractivity contribution in [3.8, 4) is 0 Å². The van der Waals surface area contributed by atoms with Crippen molar-refractivity contribution in [1.29, 1.82) is 0 Å². The molecule has 0 bridgehead atoms. The van der Waals surface area contributed by atoms with Gasteiger partial charge < -0.3 is 10.6 Å². The molecule has 1 atom stereocenters. The molecule has 0 fully saturated rings. The molecule has 2 heterocycles. The van der Waals surface area contributed by atoms with Gasteiger partial charge in [0, 0.05) is 16.3 Å². The lowest BCUT2D eigenvalue weighted by Crippen LogP contribution is -2.10. The monoisotopic (exact) mass is 310 g/mol. The lowest BCUT2D eigenvalue weighted by Gasteiger charge is -2.14. The van der Waals surface area contributed by atoms with E-state index in [0.717, 1.165) is 13.0 Å². The summed E-state index contributed by atoms with van der Waals surface area (Å²) >= 11 is 7.93. The van der Waals surface area contributed by atoms with Crippen LogP contribution in [0.1, 0.15) is 36.1 Å². The number of rotatable bonds is 6. The summed E-state index contributed by atoms with van der Waals surface area (Å²) < 4.78 is 0. The van der Waals surface area contributed by atoms with Gasteiger partial charge in [-0.05, 0) is 32.4 Å². The van der Waals surface area contributed by atoms with Gasteiger partial charge in [-0.2, -0.15) is 4.98 Å². The average Bonchev–Trinajstić information content (AvgIpc) is 2.86. The van der Waals surface area contributed by atoms with Gasteiger partial charge in [0.1, 0.15) is 5.02 Å². The van der Waals surface area contributed by atoms with E-state index in [2.05, 4.69) is 53.5 Å². The van der Waals surface area contributed by atoms with Gasteiger partial charge in [0.2, 0.25) is 5.95 Å². The van der Waals surface area contributed by atoms with E-state index in [4.69, 9.17) is 11.6 Å². The van der Waals surface area contributed by atoms with Gasteiger partial charge in [0.05, 0.1) is 12.2 Å². The minimum Gasteiger partial charge on any atom is -0.361 e. The van der Waals surface area contributed by atoms with E-state index in [1.807, 2.05) is 0 Å². The third-order valence-corrected chi connectivity index (χ3v) is 4.28. The zero-order chi connectivity index (χ0) is 14.5. The predicted molar refractivity (Wildman–Crippen MR) is 86.9 cm³/mol. The maximum absolute atomic E-state index is 6.16. The highest BCUT2D eigenvalue weighted by molar-refractivity contribution is 7.12. The first kappa shape index (κ1) is 15.1. The summed E-state index contributed by atoms with van der Waals surface area (Å²) in [5, 5.41) is 7.04. The number of hydrogen-bond acceptors (Lipinski definition) is 5.